The largest absolute Gasteiger partial charge is 0.481 e. The monoisotopic (exact) mass is 294 g/mol. The molecule has 1 rings (SSSR count). The molecule has 1 amide bonds. The van der Waals surface area contributed by atoms with Gasteiger partial charge in [-0.1, -0.05) is 12.1 Å². The normalized spacial score (nSPS) is 10.1. The fourth-order valence-electron chi connectivity index (χ4n) is 1.80. The van der Waals surface area contributed by atoms with E-state index < -0.39 is 10.9 Å². The first-order chi connectivity index (χ1) is 9.99. The van der Waals surface area contributed by atoms with E-state index in [1.165, 1.54) is 12.1 Å². The summed E-state index contributed by atoms with van der Waals surface area (Å²) in [4.78, 5) is 32.0. The summed E-state index contributed by atoms with van der Waals surface area (Å²) in [7, 11) is 0. The van der Waals surface area contributed by atoms with Crippen molar-refractivity contribution in [3.05, 3.63) is 39.9 Å². The second-order valence-corrected chi connectivity index (χ2v) is 4.63. The zero-order chi connectivity index (χ0) is 15.7. The highest BCUT2D eigenvalue weighted by atomic mass is 16.6. The first-order valence-electron chi connectivity index (χ1n) is 6.71. The van der Waals surface area contributed by atoms with Crippen LogP contribution in [0.5, 0.6) is 0 Å². The smallest absolute Gasteiger partial charge is 0.303 e. The van der Waals surface area contributed by atoms with Gasteiger partial charge in [0.1, 0.15) is 0 Å². The van der Waals surface area contributed by atoms with Crippen molar-refractivity contribution in [2.24, 2.45) is 0 Å². The van der Waals surface area contributed by atoms with Crippen molar-refractivity contribution in [2.45, 2.75) is 32.1 Å². The fraction of sp³-hybridized carbons (Fsp3) is 0.429. The molecule has 0 spiro atoms. The first-order valence-corrected chi connectivity index (χ1v) is 6.71. The summed E-state index contributed by atoms with van der Waals surface area (Å²) < 4.78 is 0. The van der Waals surface area contributed by atoms with E-state index in [1.807, 2.05) is 0 Å². The summed E-state index contributed by atoms with van der Waals surface area (Å²) in [6, 6.07) is 6.20. The average Bonchev–Trinajstić information content (AvgIpc) is 2.44. The standard InChI is InChI=1S/C14H18N2O5/c17-13(15-9-2-1-6-14(18)19)8-7-11-4-3-5-12(10-11)16(20)21/h3-5,10H,1-2,6-9H2,(H,15,17)(H,18,19). The van der Waals surface area contributed by atoms with Crippen LogP contribution >= 0.6 is 0 Å². The third kappa shape index (κ3) is 7.05. The van der Waals surface area contributed by atoms with Crippen molar-refractivity contribution in [3.63, 3.8) is 0 Å². The summed E-state index contributed by atoms with van der Waals surface area (Å²) >= 11 is 0. The van der Waals surface area contributed by atoms with Crippen LogP contribution in [0.25, 0.3) is 0 Å². The number of nitrogens with one attached hydrogen (secondary N) is 1. The number of nitro benzene ring substituents is 1. The number of nitrogens with zero attached hydrogens (tertiary/aromatic N) is 1. The van der Waals surface area contributed by atoms with E-state index in [1.54, 1.807) is 12.1 Å². The maximum Gasteiger partial charge on any atom is 0.303 e. The summed E-state index contributed by atoms with van der Waals surface area (Å²) in [6.45, 7) is 0.445. The zero-order valence-corrected chi connectivity index (χ0v) is 11.6. The molecule has 0 atom stereocenters. The van der Waals surface area contributed by atoms with E-state index >= 15 is 0 Å². The Morgan fingerprint density at radius 1 is 1.24 bits per heavy atom. The summed E-state index contributed by atoms with van der Waals surface area (Å²) in [6.07, 6.45) is 1.93. The molecule has 1 aromatic rings. The van der Waals surface area contributed by atoms with Gasteiger partial charge in [0.05, 0.1) is 4.92 Å². The van der Waals surface area contributed by atoms with Crippen LogP contribution in [0.3, 0.4) is 0 Å². The number of carbonyl (C=O) groups is 2. The van der Waals surface area contributed by atoms with Crippen molar-refractivity contribution >= 4 is 17.6 Å². The van der Waals surface area contributed by atoms with Crippen LogP contribution in [0.1, 0.15) is 31.2 Å². The van der Waals surface area contributed by atoms with Crippen LogP contribution in [0.2, 0.25) is 0 Å². The van der Waals surface area contributed by atoms with E-state index in [0.29, 0.717) is 25.8 Å². The minimum Gasteiger partial charge on any atom is -0.481 e. The number of amides is 1. The van der Waals surface area contributed by atoms with Gasteiger partial charge < -0.3 is 10.4 Å². The Morgan fingerprint density at radius 3 is 2.67 bits per heavy atom. The number of hydrogen-bond donors (Lipinski definition) is 2. The molecule has 0 heterocycles. The topological polar surface area (TPSA) is 110 Å². The van der Waals surface area contributed by atoms with Gasteiger partial charge >= 0.3 is 5.97 Å². The Morgan fingerprint density at radius 2 is 2.00 bits per heavy atom. The lowest BCUT2D eigenvalue weighted by Gasteiger charge is -2.05. The Hall–Kier alpha value is -2.44. The van der Waals surface area contributed by atoms with Crippen LogP contribution in [-0.4, -0.2) is 28.5 Å². The Balaban J connectivity index is 2.25. The molecular weight excluding hydrogens is 276 g/mol. The van der Waals surface area contributed by atoms with Gasteiger partial charge in [-0.05, 0) is 24.8 Å². The summed E-state index contributed by atoms with van der Waals surface area (Å²) in [5, 5.41) is 21.8. The number of hydrogen-bond acceptors (Lipinski definition) is 4. The number of aliphatic carboxylic acids is 1. The van der Waals surface area contributed by atoms with Crippen LogP contribution in [0.4, 0.5) is 5.69 Å². The van der Waals surface area contributed by atoms with Gasteiger partial charge in [0, 0.05) is 31.5 Å². The zero-order valence-electron chi connectivity index (χ0n) is 11.6. The number of carboxylic acids is 1. The second kappa shape index (κ2) is 8.68. The van der Waals surface area contributed by atoms with Gasteiger partial charge in [-0.3, -0.25) is 19.7 Å². The van der Waals surface area contributed by atoms with Crippen molar-refractivity contribution in [3.8, 4) is 0 Å². The predicted molar refractivity (Wildman–Crippen MR) is 75.9 cm³/mol. The van der Waals surface area contributed by atoms with Gasteiger partial charge in [0.2, 0.25) is 5.91 Å². The van der Waals surface area contributed by atoms with E-state index in [9.17, 15) is 19.7 Å². The molecule has 0 radical (unpaired) electrons. The third-order valence-electron chi connectivity index (χ3n) is 2.90. The molecule has 0 aliphatic heterocycles. The SMILES string of the molecule is O=C(O)CCCCNC(=O)CCc1cccc([N+](=O)[O-])c1. The van der Waals surface area contributed by atoms with E-state index in [4.69, 9.17) is 5.11 Å². The lowest BCUT2D eigenvalue weighted by atomic mass is 10.1. The second-order valence-electron chi connectivity index (χ2n) is 4.63. The van der Waals surface area contributed by atoms with Crippen LogP contribution in [-0.2, 0) is 16.0 Å². The highest BCUT2D eigenvalue weighted by Crippen LogP contribution is 2.14. The number of benzene rings is 1. The van der Waals surface area contributed by atoms with Crippen LogP contribution in [0.15, 0.2) is 24.3 Å². The quantitative estimate of drug-likeness (QED) is 0.410. The molecule has 0 aromatic heterocycles. The average molecular weight is 294 g/mol. The highest BCUT2D eigenvalue weighted by Gasteiger charge is 2.07. The molecule has 7 nitrogen and oxygen atoms in total. The molecule has 0 unspecified atom stereocenters. The minimum atomic E-state index is -0.841. The number of aryl methyl sites for hydroxylation is 1. The predicted octanol–water partition coefficient (Wildman–Crippen LogP) is 1.90. The molecule has 0 bridgehead atoms. The van der Waals surface area contributed by atoms with E-state index in [0.717, 1.165) is 5.56 Å². The molecule has 2 N–H and O–H groups in total. The fourth-order valence-corrected chi connectivity index (χ4v) is 1.80. The van der Waals surface area contributed by atoms with Gasteiger partial charge in [0.15, 0.2) is 0 Å². The lowest BCUT2D eigenvalue weighted by Crippen LogP contribution is -2.24. The Labute approximate surface area is 122 Å². The summed E-state index contributed by atoms with van der Waals surface area (Å²) in [5.74, 6) is -0.983. The third-order valence-corrected chi connectivity index (χ3v) is 2.90. The number of unbranched alkanes of at least 4 members (excludes halogenated alkanes) is 1. The number of rotatable bonds is 9. The molecule has 0 fully saturated rings. The molecule has 21 heavy (non-hydrogen) atoms. The molecule has 0 saturated heterocycles. The van der Waals surface area contributed by atoms with Gasteiger partial charge in [-0.25, -0.2) is 0 Å². The highest BCUT2D eigenvalue weighted by molar-refractivity contribution is 5.76. The maximum atomic E-state index is 11.6. The molecule has 0 saturated carbocycles. The van der Waals surface area contributed by atoms with Crippen molar-refractivity contribution in [1.29, 1.82) is 0 Å². The number of nitro groups is 1. The number of non-ortho nitro benzene ring substituents is 1. The van der Waals surface area contributed by atoms with E-state index in [-0.39, 0.29) is 24.4 Å². The molecule has 114 valence electrons. The van der Waals surface area contributed by atoms with Crippen LogP contribution in [0, 0.1) is 10.1 Å². The number of carboxylic acid groups (broad SMARTS) is 1. The Bertz CT molecular complexity index is 516. The number of carbonyl (C=O) groups excluding carboxylic acids is 1. The molecule has 7 heteroatoms. The first kappa shape index (κ1) is 16.6. The van der Waals surface area contributed by atoms with Gasteiger partial charge in [-0.15, -0.1) is 0 Å². The van der Waals surface area contributed by atoms with Crippen molar-refractivity contribution < 1.29 is 19.6 Å². The van der Waals surface area contributed by atoms with Gasteiger partial charge in [-0.2, -0.15) is 0 Å². The molecule has 1 aromatic carbocycles. The van der Waals surface area contributed by atoms with Crippen LogP contribution < -0.4 is 5.32 Å². The molecule has 0 aliphatic carbocycles. The maximum absolute atomic E-state index is 11.6. The van der Waals surface area contributed by atoms with Crippen molar-refractivity contribution in [1.82, 2.24) is 5.32 Å². The van der Waals surface area contributed by atoms with Gasteiger partial charge in [0.25, 0.3) is 5.69 Å². The Kier molecular flexibility index (Phi) is 6.86. The lowest BCUT2D eigenvalue weighted by molar-refractivity contribution is -0.384. The molecular formula is C14H18N2O5. The minimum absolute atomic E-state index is 0.0154. The van der Waals surface area contributed by atoms with Crippen molar-refractivity contribution in [2.75, 3.05) is 6.54 Å². The van der Waals surface area contributed by atoms with E-state index in [2.05, 4.69) is 5.32 Å². The summed E-state index contributed by atoms with van der Waals surface area (Å²) in [5.41, 5.74) is 0.756. The molecule has 0 aliphatic rings.